The van der Waals surface area contributed by atoms with Gasteiger partial charge in [-0.25, -0.2) is 0 Å². The predicted molar refractivity (Wildman–Crippen MR) is 66.5 cm³/mol. The van der Waals surface area contributed by atoms with Gasteiger partial charge in [-0.1, -0.05) is 25.0 Å². The van der Waals surface area contributed by atoms with Crippen molar-refractivity contribution in [3.63, 3.8) is 0 Å². The molecule has 0 aromatic carbocycles. The molecule has 0 radical (unpaired) electrons. The largest absolute Gasteiger partial charge is 0.392 e. The molecule has 1 saturated carbocycles. The summed E-state index contributed by atoms with van der Waals surface area (Å²) >= 11 is 0. The Morgan fingerprint density at radius 3 is 1.50 bits per heavy atom. The number of carbonyl (C=O) groups is 2. The molecule has 0 amide bonds. The second-order valence-electron chi connectivity index (χ2n) is 7.02. The average molecular weight is 248 g/mol. The molecule has 1 saturated heterocycles. The third kappa shape index (κ3) is 0.703. The number of carbonyl (C=O) groups excluding carboxylic acids is 2. The van der Waals surface area contributed by atoms with Crippen molar-refractivity contribution in [1.29, 1.82) is 0 Å². The zero-order valence-electron chi connectivity index (χ0n) is 11.9. The first-order chi connectivity index (χ1) is 8.07. The Morgan fingerprint density at radius 2 is 1.17 bits per heavy atom. The van der Waals surface area contributed by atoms with Gasteiger partial charge >= 0.3 is 11.9 Å². The molecular weight excluding hydrogens is 228 g/mol. The van der Waals surface area contributed by atoms with Crippen LogP contribution in [0.25, 0.3) is 0 Å². The van der Waals surface area contributed by atoms with Crippen LogP contribution in [0, 0.1) is 21.7 Å². The lowest BCUT2D eigenvalue weighted by molar-refractivity contribution is -0.158. The van der Waals surface area contributed by atoms with Crippen molar-refractivity contribution in [3.8, 4) is 0 Å². The zero-order valence-corrected chi connectivity index (χ0v) is 11.9. The zero-order chi connectivity index (χ0) is 13.7. The van der Waals surface area contributed by atoms with E-state index in [0.717, 1.165) is 6.42 Å². The molecule has 98 valence electrons. The van der Waals surface area contributed by atoms with Gasteiger partial charge in [-0.15, -0.1) is 0 Å². The van der Waals surface area contributed by atoms with Gasteiger partial charge in [0.05, 0.1) is 10.8 Å². The van der Waals surface area contributed by atoms with Gasteiger partial charge in [-0.05, 0) is 34.1 Å². The molecule has 2 aliphatic carbocycles. The van der Waals surface area contributed by atoms with Crippen molar-refractivity contribution in [2.24, 2.45) is 21.7 Å². The van der Waals surface area contributed by atoms with Gasteiger partial charge in [0, 0.05) is 10.8 Å². The van der Waals surface area contributed by atoms with Crippen LogP contribution in [0.15, 0.2) is 11.1 Å². The maximum absolute atomic E-state index is 12.3. The van der Waals surface area contributed by atoms with Crippen LogP contribution in [0.3, 0.4) is 0 Å². The van der Waals surface area contributed by atoms with Gasteiger partial charge in [-0.2, -0.15) is 0 Å². The van der Waals surface area contributed by atoms with E-state index in [1.54, 1.807) is 0 Å². The van der Waals surface area contributed by atoms with Gasteiger partial charge < -0.3 is 4.74 Å². The molecular formula is C15H20O3. The molecule has 3 rings (SSSR count). The highest BCUT2D eigenvalue weighted by molar-refractivity contribution is 6.04. The molecule has 2 fully saturated rings. The third-order valence-corrected chi connectivity index (χ3v) is 7.13. The molecule has 1 heterocycles. The number of cyclic esters (lactones) is 2. The first-order valence-electron chi connectivity index (χ1n) is 6.52. The Hall–Kier alpha value is -1.12. The first-order valence-corrected chi connectivity index (χ1v) is 6.52. The molecule has 1 aliphatic heterocycles. The van der Waals surface area contributed by atoms with Crippen molar-refractivity contribution in [3.05, 3.63) is 11.1 Å². The number of allylic oxidation sites excluding steroid dienone is 2. The van der Waals surface area contributed by atoms with Crippen LogP contribution >= 0.6 is 0 Å². The SMILES string of the molecule is CC1=C(C)C2(C)CC1(C)C1(C)C(=O)OC(=O)C21C. The van der Waals surface area contributed by atoms with Crippen LogP contribution in [0.2, 0.25) is 0 Å². The van der Waals surface area contributed by atoms with Gasteiger partial charge in [0.15, 0.2) is 0 Å². The van der Waals surface area contributed by atoms with Crippen LogP contribution < -0.4 is 0 Å². The van der Waals surface area contributed by atoms with Crippen LogP contribution in [-0.2, 0) is 14.3 Å². The maximum atomic E-state index is 12.3. The molecule has 0 aromatic rings. The summed E-state index contributed by atoms with van der Waals surface area (Å²) in [6.07, 6.45) is 0.867. The Bertz CT molecular complexity index is 500. The van der Waals surface area contributed by atoms with E-state index >= 15 is 0 Å². The summed E-state index contributed by atoms with van der Waals surface area (Å²) in [6, 6.07) is 0. The van der Waals surface area contributed by atoms with Crippen LogP contribution in [0.5, 0.6) is 0 Å². The monoisotopic (exact) mass is 248 g/mol. The number of ether oxygens (including phenoxy) is 1. The van der Waals surface area contributed by atoms with E-state index in [1.165, 1.54) is 11.1 Å². The molecule has 3 nitrogen and oxygen atoms in total. The smallest absolute Gasteiger partial charge is 0.321 e. The number of fused-ring (bicyclic) bond motifs is 5. The summed E-state index contributed by atoms with van der Waals surface area (Å²) in [5.74, 6) is -0.679. The van der Waals surface area contributed by atoms with E-state index < -0.39 is 10.8 Å². The lowest BCUT2D eigenvalue weighted by Gasteiger charge is -2.48. The van der Waals surface area contributed by atoms with E-state index in [-0.39, 0.29) is 22.8 Å². The Kier molecular flexibility index (Phi) is 1.72. The number of esters is 2. The molecule has 3 aliphatic rings. The standard InChI is InChI=1S/C15H20O3/c1-8-9(2)13(4)7-12(8,3)14(5)10(16)18-11(17)15(13,14)6/h7H2,1-6H3. The summed E-state index contributed by atoms with van der Waals surface area (Å²) in [5, 5.41) is 0. The second-order valence-corrected chi connectivity index (χ2v) is 7.02. The number of rotatable bonds is 0. The minimum Gasteiger partial charge on any atom is -0.392 e. The van der Waals surface area contributed by atoms with E-state index in [0.29, 0.717) is 0 Å². The average Bonchev–Trinajstić information content (AvgIpc) is 2.66. The molecule has 0 spiro atoms. The van der Waals surface area contributed by atoms with E-state index in [9.17, 15) is 9.59 Å². The molecule has 18 heavy (non-hydrogen) atoms. The fraction of sp³-hybridized carbons (Fsp3) is 0.733. The van der Waals surface area contributed by atoms with Crippen molar-refractivity contribution < 1.29 is 14.3 Å². The Morgan fingerprint density at radius 1 is 0.833 bits per heavy atom. The van der Waals surface area contributed by atoms with Gasteiger partial charge in [0.2, 0.25) is 0 Å². The highest BCUT2D eigenvalue weighted by atomic mass is 16.6. The molecule has 3 heteroatoms. The predicted octanol–water partition coefficient (Wildman–Crippen LogP) is 2.85. The maximum Gasteiger partial charge on any atom is 0.321 e. The summed E-state index contributed by atoms with van der Waals surface area (Å²) in [5.41, 5.74) is 0.548. The Labute approximate surface area is 108 Å². The number of hydrogen-bond acceptors (Lipinski definition) is 3. The van der Waals surface area contributed by atoms with Crippen LogP contribution in [0.1, 0.15) is 48.0 Å². The van der Waals surface area contributed by atoms with E-state index in [1.807, 2.05) is 13.8 Å². The lowest BCUT2D eigenvalue weighted by Crippen LogP contribution is -2.52. The molecule has 4 atom stereocenters. The topological polar surface area (TPSA) is 43.4 Å². The Balaban J connectivity index is 2.43. The van der Waals surface area contributed by atoms with Crippen molar-refractivity contribution >= 4 is 11.9 Å². The van der Waals surface area contributed by atoms with Crippen LogP contribution in [-0.4, -0.2) is 11.9 Å². The van der Waals surface area contributed by atoms with Gasteiger partial charge in [0.1, 0.15) is 0 Å². The van der Waals surface area contributed by atoms with Crippen molar-refractivity contribution in [1.82, 2.24) is 0 Å². The summed E-state index contributed by atoms with van der Waals surface area (Å²) in [7, 11) is 0. The minimum absolute atomic E-state index is 0.260. The van der Waals surface area contributed by atoms with E-state index in [4.69, 9.17) is 4.74 Å². The molecule has 2 bridgehead atoms. The normalized spacial score (nSPS) is 54.1. The van der Waals surface area contributed by atoms with E-state index in [2.05, 4.69) is 27.7 Å². The fourth-order valence-electron chi connectivity index (χ4n) is 5.15. The van der Waals surface area contributed by atoms with Gasteiger partial charge in [0.25, 0.3) is 0 Å². The lowest BCUT2D eigenvalue weighted by atomic mass is 9.50. The summed E-state index contributed by atoms with van der Waals surface area (Å²) < 4.78 is 5.04. The molecule has 4 unspecified atom stereocenters. The summed E-state index contributed by atoms with van der Waals surface area (Å²) in [6.45, 7) is 12.3. The summed E-state index contributed by atoms with van der Waals surface area (Å²) in [4.78, 5) is 24.6. The first kappa shape index (κ1) is 11.9. The van der Waals surface area contributed by atoms with Gasteiger partial charge in [-0.3, -0.25) is 9.59 Å². The second kappa shape index (κ2) is 2.59. The fourth-order valence-corrected chi connectivity index (χ4v) is 5.15. The molecule has 0 aromatic heterocycles. The van der Waals surface area contributed by atoms with Crippen molar-refractivity contribution in [2.45, 2.75) is 48.0 Å². The quantitative estimate of drug-likeness (QED) is 0.376. The number of hydrogen-bond donors (Lipinski definition) is 0. The van der Waals surface area contributed by atoms with Crippen LogP contribution in [0.4, 0.5) is 0 Å². The highest BCUT2D eigenvalue weighted by Crippen LogP contribution is 2.81. The third-order valence-electron chi connectivity index (χ3n) is 7.13. The minimum atomic E-state index is -0.727. The molecule has 0 N–H and O–H groups in total. The van der Waals surface area contributed by atoms with Crippen molar-refractivity contribution in [2.75, 3.05) is 0 Å². The highest BCUT2D eigenvalue weighted by Gasteiger charge is 2.84.